The Bertz CT molecular complexity index is 1350. The van der Waals surface area contributed by atoms with E-state index in [-0.39, 0.29) is 22.9 Å². The number of amides is 1. The number of carbonyl (C=O) groups is 1. The standard InChI is InChI=1S/C27H26FN5O3/c1-30(2)16-17-31(19-20-8-4-3-5-9-20)27(34)26-18-25(23-10-6-7-11-24(23)28)29-32(26)21-12-14-22(15-13-21)33(35)36/h3-15,18H,16-17,19H2,1-2H3. The Morgan fingerprint density at radius 3 is 2.28 bits per heavy atom. The van der Waals surface area contributed by atoms with Gasteiger partial charge < -0.3 is 9.80 Å². The van der Waals surface area contributed by atoms with Gasteiger partial charge in [-0.05, 0) is 50.0 Å². The highest BCUT2D eigenvalue weighted by atomic mass is 19.1. The van der Waals surface area contributed by atoms with Crippen LogP contribution >= 0.6 is 0 Å². The van der Waals surface area contributed by atoms with Crippen LogP contribution in [0.5, 0.6) is 0 Å². The number of non-ortho nitro benzene ring substituents is 1. The molecule has 4 rings (SSSR count). The van der Waals surface area contributed by atoms with Crippen molar-refractivity contribution in [3.05, 3.63) is 112 Å². The number of nitro groups is 1. The lowest BCUT2D eigenvalue weighted by atomic mass is 10.1. The molecule has 0 saturated carbocycles. The number of aromatic nitrogens is 2. The zero-order valence-corrected chi connectivity index (χ0v) is 20.0. The van der Waals surface area contributed by atoms with Gasteiger partial charge in [-0.15, -0.1) is 0 Å². The Hall–Kier alpha value is -4.37. The van der Waals surface area contributed by atoms with Crippen LogP contribution in [0.3, 0.4) is 0 Å². The van der Waals surface area contributed by atoms with Crippen molar-refractivity contribution in [2.75, 3.05) is 27.2 Å². The number of hydrogen-bond donors (Lipinski definition) is 0. The summed E-state index contributed by atoms with van der Waals surface area (Å²) in [5, 5.41) is 15.7. The van der Waals surface area contributed by atoms with Crippen LogP contribution in [0.2, 0.25) is 0 Å². The quantitative estimate of drug-likeness (QED) is 0.250. The van der Waals surface area contributed by atoms with Gasteiger partial charge in [0, 0.05) is 37.3 Å². The van der Waals surface area contributed by atoms with E-state index in [2.05, 4.69) is 5.10 Å². The van der Waals surface area contributed by atoms with E-state index in [1.807, 2.05) is 49.3 Å². The molecule has 9 heteroatoms. The van der Waals surface area contributed by atoms with Crippen molar-refractivity contribution in [1.29, 1.82) is 0 Å². The highest BCUT2D eigenvalue weighted by Crippen LogP contribution is 2.26. The summed E-state index contributed by atoms with van der Waals surface area (Å²) in [6.07, 6.45) is 0. The van der Waals surface area contributed by atoms with E-state index in [4.69, 9.17) is 0 Å². The normalized spacial score (nSPS) is 11.0. The van der Waals surface area contributed by atoms with Crippen molar-refractivity contribution in [2.45, 2.75) is 6.54 Å². The van der Waals surface area contributed by atoms with Crippen LogP contribution in [0, 0.1) is 15.9 Å². The first-order valence-electron chi connectivity index (χ1n) is 11.4. The van der Waals surface area contributed by atoms with Crippen LogP contribution in [0.15, 0.2) is 84.9 Å². The number of rotatable bonds is 9. The van der Waals surface area contributed by atoms with E-state index in [0.717, 1.165) is 5.56 Å². The minimum atomic E-state index is -0.494. The summed E-state index contributed by atoms with van der Waals surface area (Å²) < 4.78 is 16.0. The number of halogens is 1. The van der Waals surface area contributed by atoms with Gasteiger partial charge in [-0.1, -0.05) is 42.5 Å². The van der Waals surface area contributed by atoms with Crippen molar-refractivity contribution in [3.8, 4) is 16.9 Å². The van der Waals surface area contributed by atoms with Gasteiger partial charge in [0.1, 0.15) is 11.5 Å². The van der Waals surface area contributed by atoms with Gasteiger partial charge in [0.2, 0.25) is 0 Å². The topological polar surface area (TPSA) is 84.5 Å². The maximum Gasteiger partial charge on any atom is 0.272 e. The van der Waals surface area contributed by atoms with Gasteiger partial charge in [0.05, 0.1) is 16.3 Å². The van der Waals surface area contributed by atoms with Gasteiger partial charge in [-0.2, -0.15) is 5.10 Å². The first-order chi connectivity index (χ1) is 17.3. The minimum absolute atomic E-state index is 0.0789. The lowest BCUT2D eigenvalue weighted by Gasteiger charge is -2.25. The number of carbonyl (C=O) groups excluding carboxylic acids is 1. The number of likely N-dealkylation sites (N-methyl/N-ethyl adjacent to an activating group) is 1. The van der Waals surface area contributed by atoms with Gasteiger partial charge in [-0.25, -0.2) is 9.07 Å². The third-order valence-corrected chi connectivity index (χ3v) is 5.70. The highest BCUT2D eigenvalue weighted by molar-refractivity contribution is 5.94. The molecule has 184 valence electrons. The summed E-state index contributed by atoms with van der Waals surface area (Å²) in [4.78, 5) is 28.2. The van der Waals surface area contributed by atoms with Crippen LogP contribution in [0.4, 0.5) is 10.1 Å². The number of nitro benzene ring substituents is 1. The van der Waals surface area contributed by atoms with Crippen molar-refractivity contribution >= 4 is 11.6 Å². The molecule has 1 aromatic heterocycles. The van der Waals surface area contributed by atoms with E-state index in [1.165, 1.54) is 35.0 Å². The molecule has 0 aliphatic carbocycles. The summed E-state index contributed by atoms with van der Waals surface area (Å²) in [6, 6.07) is 23.2. The Morgan fingerprint density at radius 1 is 0.972 bits per heavy atom. The zero-order valence-electron chi connectivity index (χ0n) is 20.0. The summed E-state index contributed by atoms with van der Waals surface area (Å²) in [5.41, 5.74) is 2.14. The molecule has 8 nitrogen and oxygen atoms in total. The lowest BCUT2D eigenvalue weighted by Crippen LogP contribution is -2.37. The Morgan fingerprint density at radius 2 is 1.64 bits per heavy atom. The fourth-order valence-electron chi connectivity index (χ4n) is 3.79. The number of benzene rings is 3. The van der Waals surface area contributed by atoms with Gasteiger partial charge in [0.25, 0.3) is 11.6 Å². The van der Waals surface area contributed by atoms with E-state index in [0.29, 0.717) is 31.0 Å². The molecule has 36 heavy (non-hydrogen) atoms. The Kier molecular flexibility index (Phi) is 7.50. The molecule has 0 N–H and O–H groups in total. The summed E-state index contributed by atoms with van der Waals surface area (Å²) >= 11 is 0. The first-order valence-corrected chi connectivity index (χ1v) is 11.4. The second-order valence-electron chi connectivity index (χ2n) is 8.60. The average Bonchev–Trinajstić information content (AvgIpc) is 3.32. The van der Waals surface area contributed by atoms with Crippen LogP contribution in [0.25, 0.3) is 16.9 Å². The summed E-state index contributed by atoms with van der Waals surface area (Å²) in [7, 11) is 3.87. The van der Waals surface area contributed by atoms with Crippen molar-refractivity contribution in [1.82, 2.24) is 19.6 Å². The van der Waals surface area contributed by atoms with Crippen LogP contribution in [-0.2, 0) is 6.54 Å². The predicted octanol–water partition coefficient (Wildman–Crippen LogP) is 4.79. The van der Waals surface area contributed by atoms with E-state index < -0.39 is 10.7 Å². The molecule has 0 unspecified atom stereocenters. The fraction of sp³-hybridized carbons (Fsp3) is 0.185. The highest BCUT2D eigenvalue weighted by Gasteiger charge is 2.24. The molecule has 0 fully saturated rings. The molecule has 0 radical (unpaired) electrons. The molecule has 0 bridgehead atoms. The molecule has 0 spiro atoms. The second-order valence-corrected chi connectivity index (χ2v) is 8.60. The van der Waals surface area contributed by atoms with Gasteiger partial charge >= 0.3 is 0 Å². The predicted molar refractivity (Wildman–Crippen MR) is 135 cm³/mol. The Labute approximate surface area is 208 Å². The lowest BCUT2D eigenvalue weighted by molar-refractivity contribution is -0.384. The largest absolute Gasteiger partial charge is 0.332 e. The first kappa shape index (κ1) is 24.7. The average molecular weight is 488 g/mol. The minimum Gasteiger partial charge on any atom is -0.332 e. The summed E-state index contributed by atoms with van der Waals surface area (Å²) in [6.45, 7) is 1.49. The number of nitrogens with zero attached hydrogens (tertiary/aromatic N) is 5. The molecule has 3 aromatic carbocycles. The van der Waals surface area contributed by atoms with Crippen LogP contribution in [0.1, 0.15) is 16.1 Å². The van der Waals surface area contributed by atoms with E-state index in [9.17, 15) is 19.3 Å². The molecule has 0 atom stereocenters. The molecule has 4 aromatic rings. The Balaban J connectivity index is 1.79. The van der Waals surface area contributed by atoms with E-state index in [1.54, 1.807) is 29.2 Å². The van der Waals surface area contributed by atoms with Gasteiger partial charge in [-0.3, -0.25) is 14.9 Å². The number of hydrogen-bond acceptors (Lipinski definition) is 5. The SMILES string of the molecule is CN(C)CCN(Cc1ccccc1)C(=O)c1cc(-c2ccccc2F)nn1-c1ccc([N+](=O)[O-])cc1. The molecule has 1 heterocycles. The third-order valence-electron chi connectivity index (χ3n) is 5.70. The van der Waals surface area contributed by atoms with E-state index >= 15 is 0 Å². The zero-order chi connectivity index (χ0) is 25.7. The van der Waals surface area contributed by atoms with Gasteiger partial charge in [0.15, 0.2) is 0 Å². The molecule has 0 saturated heterocycles. The molecular weight excluding hydrogens is 461 g/mol. The molecule has 1 amide bonds. The molecule has 0 aliphatic rings. The van der Waals surface area contributed by atoms with Crippen molar-refractivity contribution in [2.24, 2.45) is 0 Å². The molecular formula is C27H26FN5O3. The smallest absolute Gasteiger partial charge is 0.272 e. The van der Waals surface area contributed by atoms with Crippen LogP contribution < -0.4 is 0 Å². The molecule has 0 aliphatic heterocycles. The third kappa shape index (κ3) is 5.64. The van der Waals surface area contributed by atoms with Crippen LogP contribution in [-0.4, -0.2) is 57.6 Å². The monoisotopic (exact) mass is 487 g/mol. The van der Waals surface area contributed by atoms with Crippen molar-refractivity contribution in [3.63, 3.8) is 0 Å². The summed E-state index contributed by atoms with van der Waals surface area (Å²) in [5.74, 6) is -0.743. The van der Waals surface area contributed by atoms with Crippen molar-refractivity contribution < 1.29 is 14.1 Å². The second kappa shape index (κ2) is 10.9. The maximum atomic E-state index is 14.6. The maximum absolute atomic E-state index is 14.6. The fourth-order valence-corrected chi connectivity index (χ4v) is 3.79.